The highest BCUT2D eigenvalue weighted by molar-refractivity contribution is 6.04. The summed E-state index contributed by atoms with van der Waals surface area (Å²) in [5.74, 6) is -0.261. The molecule has 0 radical (unpaired) electrons. The molecule has 5 nitrogen and oxygen atoms in total. The largest absolute Gasteiger partial charge is 0.372 e. The number of amides is 2. The maximum absolute atomic E-state index is 12.4. The molecular formula is C20H23N3O2. The smallest absolute Gasteiger partial charge is 0.255 e. The predicted molar refractivity (Wildman–Crippen MR) is 101 cm³/mol. The molecular weight excluding hydrogens is 314 g/mol. The highest BCUT2D eigenvalue weighted by Crippen LogP contribution is 2.21. The molecule has 1 aliphatic heterocycles. The molecule has 0 bridgehead atoms. The van der Waals surface area contributed by atoms with Gasteiger partial charge in [0.1, 0.15) is 0 Å². The van der Waals surface area contributed by atoms with Crippen molar-refractivity contribution in [1.29, 1.82) is 0 Å². The van der Waals surface area contributed by atoms with Gasteiger partial charge in [-0.25, -0.2) is 0 Å². The fourth-order valence-corrected chi connectivity index (χ4v) is 3.02. The van der Waals surface area contributed by atoms with Gasteiger partial charge >= 0.3 is 0 Å². The second-order valence-electron chi connectivity index (χ2n) is 6.31. The summed E-state index contributed by atoms with van der Waals surface area (Å²) in [6.45, 7) is 3.64. The molecule has 2 aromatic carbocycles. The minimum atomic E-state index is -0.141. The van der Waals surface area contributed by atoms with Gasteiger partial charge in [0.2, 0.25) is 5.91 Å². The summed E-state index contributed by atoms with van der Waals surface area (Å²) >= 11 is 0. The van der Waals surface area contributed by atoms with Crippen LogP contribution >= 0.6 is 0 Å². The van der Waals surface area contributed by atoms with Crippen molar-refractivity contribution in [2.45, 2.75) is 26.2 Å². The van der Waals surface area contributed by atoms with Gasteiger partial charge in [-0.15, -0.1) is 0 Å². The number of nitrogens with zero attached hydrogens (tertiary/aromatic N) is 1. The summed E-state index contributed by atoms with van der Waals surface area (Å²) in [5, 5.41) is 5.57. The lowest BCUT2D eigenvalue weighted by molar-refractivity contribution is -0.114. The van der Waals surface area contributed by atoms with E-state index in [1.165, 1.54) is 31.9 Å². The Morgan fingerprint density at radius 2 is 1.36 bits per heavy atom. The molecule has 1 aliphatic rings. The van der Waals surface area contributed by atoms with Crippen molar-refractivity contribution in [2.75, 3.05) is 28.6 Å². The molecule has 1 saturated heterocycles. The number of rotatable bonds is 4. The van der Waals surface area contributed by atoms with Gasteiger partial charge in [-0.3, -0.25) is 9.59 Å². The fraction of sp³-hybridized carbons (Fsp3) is 0.300. The third-order valence-corrected chi connectivity index (χ3v) is 4.31. The van der Waals surface area contributed by atoms with Crippen LogP contribution in [-0.2, 0) is 4.79 Å². The van der Waals surface area contributed by atoms with Crippen LogP contribution in [0.25, 0.3) is 0 Å². The molecule has 1 heterocycles. The molecule has 0 spiro atoms. The number of piperidine rings is 1. The molecule has 0 atom stereocenters. The number of anilines is 3. The van der Waals surface area contributed by atoms with Crippen molar-refractivity contribution < 1.29 is 9.59 Å². The zero-order valence-corrected chi connectivity index (χ0v) is 14.4. The van der Waals surface area contributed by atoms with Gasteiger partial charge in [0.15, 0.2) is 0 Å². The van der Waals surface area contributed by atoms with Crippen molar-refractivity contribution in [3.8, 4) is 0 Å². The Morgan fingerprint density at radius 3 is 1.92 bits per heavy atom. The lowest BCUT2D eigenvalue weighted by Crippen LogP contribution is -2.29. The van der Waals surface area contributed by atoms with Crippen LogP contribution in [0.4, 0.5) is 17.1 Å². The van der Waals surface area contributed by atoms with Crippen LogP contribution in [0.3, 0.4) is 0 Å². The van der Waals surface area contributed by atoms with E-state index in [1.807, 2.05) is 24.3 Å². The van der Waals surface area contributed by atoms with Crippen molar-refractivity contribution >= 4 is 28.9 Å². The van der Waals surface area contributed by atoms with Crippen molar-refractivity contribution in [3.63, 3.8) is 0 Å². The standard InChI is InChI=1S/C20H23N3O2/c1-15(24)21-17-7-9-18(10-8-17)22-20(25)16-5-11-19(12-6-16)23-13-3-2-4-14-23/h5-12H,2-4,13-14H2,1H3,(H,21,24)(H,22,25). The van der Waals surface area contributed by atoms with Crippen LogP contribution in [0, 0.1) is 0 Å². The number of carbonyl (C=O) groups is 2. The molecule has 0 saturated carbocycles. The van der Waals surface area contributed by atoms with Crippen LogP contribution in [0.1, 0.15) is 36.5 Å². The van der Waals surface area contributed by atoms with Crippen LogP contribution < -0.4 is 15.5 Å². The third kappa shape index (κ3) is 4.59. The highest BCUT2D eigenvalue weighted by Gasteiger charge is 2.12. The Kier molecular flexibility index (Phi) is 5.33. The van der Waals surface area contributed by atoms with E-state index in [4.69, 9.17) is 0 Å². The van der Waals surface area contributed by atoms with E-state index in [-0.39, 0.29) is 11.8 Å². The molecule has 0 aromatic heterocycles. The minimum absolute atomic E-state index is 0.120. The van der Waals surface area contributed by atoms with E-state index in [2.05, 4.69) is 15.5 Å². The van der Waals surface area contributed by atoms with Crippen LogP contribution in [-0.4, -0.2) is 24.9 Å². The molecule has 2 aromatic rings. The van der Waals surface area contributed by atoms with E-state index in [9.17, 15) is 9.59 Å². The Balaban J connectivity index is 1.61. The summed E-state index contributed by atoms with van der Waals surface area (Å²) < 4.78 is 0. The van der Waals surface area contributed by atoms with Gasteiger partial charge in [-0.1, -0.05) is 0 Å². The lowest BCUT2D eigenvalue weighted by Gasteiger charge is -2.28. The number of nitrogens with one attached hydrogen (secondary N) is 2. The fourth-order valence-electron chi connectivity index (χ4n) is 3.02. The van der Waals surface area contributed by atoms with Gasteiger partial charge in [-0.2, -0.15) is 0 Å². The van der Waals surface area contributed by atoms with E-state index < -0.39 is 0 Å². The Hall–Kier alpha value is -2.82. The Labute approximate surface area is 148 Å². The van der Waals surface area contributed by atoms with Crippen molar-refractivity contribution in [3.05, 3.63) is 54.1 Å². The molecule has 3 rings (SSSR count). The second-order valence-corrected chi connectivity index (χ2v) is 6.31. The number of carbonyl (C=O) groups excluding carboxylic acids is 2. The minimum Gasteiger partial charge on any atom is -0.372 e. The number of hydrogen-bond donors (Lipinski definition) is 2. The monoisotopic (exact) mass is 337 g/mol. The maximum atomic E-state index is 12.4. The van der Waals surface area contributed by atoms with Crippen molar-refractivity contribution in [2.24, 2.45) is 0 Å². The van der Waals surface area contributed by atoms with Crippen LogP contribution in [0.15, 0.2) is 48.5 Å². The van der Waals surface area contributed by atoms with Gasteiger partial charge < -0.3 is 15.5 Å². The summed E-state index contributed by atoms with van der Waals surface area (Å²) in [4.78, 5) is 25.8. The van der Waals surface area contributed by atoms with Gasteiger partial charge in [0.05, 0.1) is 0 Å². The van der Waals surface area contributed by atoms with E-state index in [0.717, 1.165) is 13.1 Å². The van der Waals surface area contributed by atoms with E-state index >= 15 is 0 Å². The van der Waals surface area contributed by atoms with E-state index in [0.29, 0.717) is 16.9 Å². The first-order valence-electron chi connectivity index (χ1n) is 8.66. The van der Waals surface area contributed by atoms with Crippen LogP contribution in [0.2, 0.25) is 0 Å². The first-order valence-corrected chi connectivity index (χ1v) is 8.66. The molecule has 2 N–H and O–H groups in total. The van der Waals surface area contributed by atoms with Gasteiger partial charge in [0, 0.05) is 42.6 Å². The number of benzene rings is 2. The average Bonchev–Trinajstić information content (AvgIpc) is 2.64. The Bertz CT molecular complexity index is 733. The molecule has 25 heavy (non-hydrogen) atoms. The number of hydrogen-bond acceptors (Lipinski definition) is 3. The normalized spacial score (nSPS) is 14.0. The van der Waals surface area contributed by atoms with Crippen LogP contribution in [0.5, 0.6) is 0 Å². The summed E-state index contributed by atoms with van der Waals surface area (Å²) in [6.07, 6.45) is 3.77. The quantitative estimate of drug-likeness (QED) is 0.890. The second kappa shape index (κ2) is 7.83. The third-order valence-electron chi connectivity index (χ3n) is 4.31. The lowest BCUT2D eigenvalue weighted by atomic mass is 10.1. The summed E-state index contributed by atoms with van der Waals surface area (Å²) in [6, 6.07) is 14.8. The first-order chi connectivity index (χ1) is 12.1. The predicted octanol–water partition coefficient (Wildman–Crippen LogP) is 3.89. The highest BCUT2D eigenvalue weighted by atomic mass is 16.2. The van der Waals surface area contributed by atoms with Crippen molar-refractivity contribution in [1.82, 2.24) is 0 Å². The SMILES string of the molecule is CC(=O)Nc1ccc(NC(=O)c2ccc(N3CCCCC3)cc2)cc1. The van der Waals surface area contributed by atoms with Gasteiger partial charge in [0.25, 0.3) is 5.91 Å². The molecule has 130 valence electrons. The average molecular weight is 337 g/mol. The topological polar surface area (TPSA) is 61.4 Å². The first kappa shape index (κ1) is 17.0. The molecule has 0 unspecified atom stereocenters. The zero-order chi connectivity index (χ0) is 17.6. The molecule has 2 amide bonds. The molecule has 5 heteroatoms. The zero-order valence-electron chi connectivity index (χ0n) is 14.4. The van der Waals surface area contributed by atoms with E-state index in [1.54, 1.807) is 24.3 Å². The molecule has 1 fully saturated rings. The van der Waals surface area contributed by atoms with Gasteiger partial charge in [-0.05, 0) is 67.8 Å². The summed E-state index contributed by atoms with van der Waals surface area (Å²) in [7, 11) is 0. The summed E-state index contributed by atoms with van der Waals surface area (Å²) in [5.41, 5.74) is 3.21. The maximum Gasteiger partial charge on any atom is 0.255 e. The molecule has 0 aliphatic carbocycles. The Morgan fingerprint density at radius 1 is 0.800 bits per heavy atom.